The average Bonchev–Trinajstić information content (AvgIpc) is 3.45. The van der Waals surface area contributed by atoms with E-state index < -0.39 is 0 Å². The summed E-state index contributed by atoms with van der Waals surface area (Å²) >= 11 is 0. The molecule has 0 unspecified atom stereocenters. The first kappa shape index (κ1) is 25.8. The van der Waals surface area contributed by atoms with Crippen LogP contribution in [0.5, 0.6) is 0 Å². The number of unbranched alkanes of at least 4 members (excludes halogenated alkanes) is 19. The molecule has 0 aromatic rings. The molecule has 1 aliphatic rings. The summed E-state index contributed by atoms with van der Waals surface area (Å²) in [5.74, 6) is 0. The highest BCUT2D eigenvalue weighted by Gasteiger charge is 2.19. The van der Waals surface area contributed by atoms with E-state index in [-0.39, 0.29) is 0 Å². The van der Waals surface area contributed by atoms with Gasteiger partial charge in [-0.2, -0.15) is 0 Å². The van der Waals surface area contributed by atoms with Gasteiger partial charge in [-0.1, -0.05) is 147 Å². The molecule has 0 bridgehead atoms. The molecule has 0 aromatic heterocycles. The maximum absolute atomic E-state index is 2.30. The van der Waals surface area contributed by atoms with Crippen molar-refractivity contribution in [2.24, 2.45) is 0 Å². The Hall–Kier alpha value is -0.260. The molecule has 0 saturated carbocycles. The van der Waals surface area contributed by atoms with Crippen molar-refractivity contribution in [3.05, 3.63) is 11.1 Å². The second-order valence-corrected chi connectivity index (χ2v) is 9.60. The van der Waals surface area contributed by atoms with Crippen molar-refractivity contribution in [3.8, 4) is 0 Å². The molecule has 1 aliphatic carbocycles. The molecular weight excluding hydrogens is 336 g/mol. The van der Waals surface area contributed by atoms with Crippen LogP contribution < -0.4 is 0 Å². The lowest BCUT2D eigenvalue weighted by Crippen LogP contribution is -1.83. The van der Waals surface area contributed by atoms with Crippen molar-refractivity contribution in [2.45, 2.75) is 168 Å². The van der Waals surface area contributed by atoms with Gasteiger partial charge < -0.3 is 0 Å². The van der Waals surface area contributed by atoms with Crippen LogP contribution in [0.15, 0.2) is 11.1 Å². The van der Waals surface area contributed by atoms with Crippen LogP contribution >= 0.6 is 0 Å². The Kier molecular flexibility index (Phi) is 18.4. The molecule has 0 aliphatic heterocycles. The molecule has 0 fully saturated rings. The monoisotopic (exact) mass is 390 g/mol. The number of hydrogen-bond acceptors (Lipinski definition) is 0. The molecule has 0 heterocycles. The molecule has 0 radical (unpaired) electrons. The third-order valence-corrected chi connectivity index (χ3v) is 6.72. The fourth-order valence-corrected chi connectivity index (χ4v) is 4.57. The molecule has 0 N–H and O–H groups in total. The number of hydrogen-bond donors (Lipinski definition) is 0. The molecule has 0 spiro atoms. The minimum Gasteiger partial charge on any atom is -0.0666 e. The van der Waals surface area contributed by atoms with Gasteiger partial charge >= 0.3 is 0 Å². The van der Waals surface area contributed by atoms with E-state index in [9.17, 15) is 0 Å². The van der Waals surface area contributed by atoms with Crippen LogP contribution in [0, 0.1) is 0 Å². The summed E-state index contributed by atoms with van der Waals surface area (Å²) < 4.78 is 0. The van der Waals surface area contributed by atoms with Crippen molar-refractivity contribution in [2.75, 3.05) is 0 Å². The number of allylic oxidation sites excluding steroid dienone is 2. The van der Waals surface area contributed by atoms with Gasteiger partial charge in [0.05, 0.1) is 0 Å². The summed E-state index contributed by atoms with van der Waals surface area (Å²) in [7, 11) is 0. The predicted molar refractivity (Wildman–Crippen MR) is 129 cm³/mol. The van der Waals surface area contributed by atoms with E-state index >= 15 is 0 Å². The first-order valence-corrected chi connectivity index (χ1v) is 13.6. The molecule has 0 nitrogen and oxygen atoms in total. The quantitative estimate of drug-likeness (QED) is 0.120. The van der Waals surface area contributed by atoms with Gasteiger partial charge in [0.25, 0.3) is 0 Å². The van der Waals surface area contributed by atoms with E-state index in [1.165, 1.54) is 154 Å². The van der Waals surface area contributed by atoms with Gasteiger partial charge in [-0.3, -0.25) is 0 Å². The van der Waals surface area contributed by atoms with E-state index in [0.717, 1.165) is 0 Å². The van der Waals surface area contributed by atoms with Gasteiger partial charge in [-0.15, -0.1) is 0 Å². The van der Waals surface area contributed by atoms with Crippen molar-refractivity contribution in [3.63, 3.8) is 0 Å². The summed E-state index contributed by atoms with van der Waals surface area (Å²) in [4.78, 5) is 0. The second-order valence-electron chi connectivity index (χ2n) is 9.60. The van der Waals surface area contributed by atoms with Crippen molar-refractivity contribution in [1.82, 2.24) is 0 Å². The summed E-state index contributed by atoms with van der Waals surface area (Å²) in [6.07, 6.45) is 35.0. The minimum absolute atomic E-state index is 1.37. The smallest absolute Gasteiger partial charge is 0.0103 e. The van der Waals surface area contributed by atoms with Crippen LogP contribution in [-0.4, -0.2) is 0 Å². The highest BCUT2D eigenvalue weighted by Crippen LogP contribution is 2.38. The Labute approximate surface area is 179 Å². The average molecular weight is 391 g/mol. The van der Waals surface area contributed by atoms with E-state index in [2.05, 4.69) is 13.8 Å². The van der Waals surface area contributed by atoms with Crippen molar-refractivity contribution in [1.29, 1.82) is 0 Å². The van der Waals surface area contributed by atoms with E-state index in [1.807, 2.05) is 11.1 Å². The zero-order valence-corrected chi connectivity index (χ0v) is 20.0. The topological polar surface area (TPSA) is 0 Å². The standard InChI is InChI=1S/C28H54/c1-3-5-7-9-11-12-13-14-15-16-17-18-19-21-23-25-28-26-27(28)24-22-20-10-8-6-4-2/h3-26H2,1-2H3. The lowest BCUT2D eigenvalue weighted by atomic mass is 10.0. The largest absolute Gasteiger partial charge is 0.0666 e. The van der Waals surface area contributed by atoms with Crippen LogP contribution in [0.25, 0.3) is 0 Å². The van der Waals surface area contributed by atoms with Gasteiger partial charge in [-0.05, 0) is 32.1 Å². The molecule has 28 heavy (non-hydrogen) atoms. The van der Waals surface area contributed by atoms with Gasteiger partial charge in [-0.25, -0.2) is 0 Å². The normalized spacial score (nSPS) is 13.5. The van der Waals surface area contributed by atoms with Gasteiger partial charge in [0.1, 0.15) is 0 Å². The van der Waals surface area contributed by atoms with E-state index in [1.54, 1.807) is 0 Å². The molecule has 0 atom stereocenters. The Bertz CT molecular complexity index is 351. The third kappa shape index (κ3) is 16.7. The minimum atomic E-state index is 1.37. The molecule has 0 heteroatoms. The first-order chi connectivity index (χ1) is 13.9. The van der Waals surface area contributed by atoms with Gasteiger partial charge in [0.15, 0.2) is 0 Å². The van der Waals surface area contributed by atoms with Crippen molar-refractivity contribution < 1.29 is 0 Å². The summed E-state index contributed by atoms with van der Waals surface area (Å²) in [6, 6.07) is 0. The maximum atomic E-state index is 2.30. The Morgan fingerprint density at radius 3 is 0.893 bits per heavy atom. The van der Waals surface area contributed by atoms with Crippen LogP contribution in [0.2, 0.25) is 0 Å². The predicted octanol–water partition coefficient (Wildman–Crippen LogP) is 10.7. The van der Waals surface area contributed by atoms with Gasteiger partial charge in [0, 0.05) is 0 Å². The Balaban J connectivity index is 1.72. The molecule has 0 saturated heterocycles. The van der Waals surface area contributed by atoms with Crippen LogP contribution in [0.1, 0.15) is 168 Å². The molecule has 1 rings (SSSR count). The Morgan fingerprint density at radius 1 is 0.357 bits per heavy atom. The molecular formula is C28H54. The SMILES string of the molecule is CCCCCCCCCCCCCCCCCC1=C(CCCCCCCC)C1. The summed E-state index contributed by atoms with van der Waals surface area (Å²) in [5.41, 5.74) is 3.70. The highest BCUT2D eigenvalue weighted by molar-refractivity contribution is 5.34. The summed E-state index contributed by atoms with van der Waals surface area (Å²) in [6.45, 7) is 4.61. The third-order valence-electron chi connectivity index (χ3n) is 6.72. The van der Waals surface area contributed by atoms with E-state index in [0.29, 0.717) is 0 Å². The van der Waals surface area contributed by atoms with Crippen LogP contribution in [0.3, 0.4) is 0 Å². The fourth-order valence-electron chi connectivity index (χ4n) is 4.57. The van der Waals surface area contributed by atoms with Crippen molar-refractivity contribution >= 4 is 0 Å². The molecule has 166 valence electrons. The lowest BCUT2D eigenvalue weighted by molar-refractivity contribution is 0.532. The van der Waals surface area contributed by atoms with Crippen LogP contribution in [0.4, 0.5) is 0 Å². The van der Waals surface area contributed by atoms with Gasteiger partial charge in [0.2, 0.25) is 0 Å². The second kappa shape index (κ2) is 20.0. The number of rotatable bonds is 23. The fraction of sp³-hybridized carbons (Fsp3) is 0.929. The van der Waals surface area contributed by atoms with E-state index in [4.69, 9.17) is 0 Å². The Morgan fingerprint density at radius 2 is 0.607 bits per heavy atom. The zero-order chi connectivity index (χ0) is 20.1. The highest BCUT2D eigenvalue weighted by atomic mass is 14.2. The first-order valence-electron chi connectivity index (χ1n) is 13.6. The lowest BCUT2D eigenvalue weighted by Gasteiger charge is -2.03. The zero-order valence-electron chi connectivity index (χ0n) is 20.0. The molecule has 0 aromatic carbocycles. The summed E-state index contributed by atoms with van der Waals surface area (Å²) in [5, 5.41) is 0. The van der Waals surface area contributed by atoms with Crippen LogP contribution in [-0.2, 0) is 0 Å². The maximum Gasteiger partial charge on any atom is -0.0103 e. The molecule has 0 amide bonds.